The molecule has 1 aliphatic heterocycles. The smallest absolute Gasteiger partial charge is 0.269 e. The van der Waals surface area contributed by atoms with Gasteiger partial charge >= 0.3 is 0 Å². The normalized spacial score (nSPS) is 13.4. The molecule has 29 heavy (non-hydrogen) atoms. The van der Waals surface area contributed by atoms with E-state index in [2.05, 4.69) is 10.6 Å². The highest BCUT2D eigenvalue weighted by Crippen LogP contribution is 2.28. The summed E-state index contributed by atoms with van der Waals surface area (Å²) in [6.07, 6.45) is 1.39. The molecule has 0 atom stereocenters. The van der Waals surface area contributed by atoms with Gasteiger partial charge in [0.2, 0.25) is 0 Å². The highest BCUT2D eigenvalue weighted by Gasteiger charge is 2.26. The predicted molar refractivity (Wildman–Crippen MR) is 107 cm³/mol. The van der Waals surface area contributed by atoms with Crippen LogP contribution >= 0.6 is 12.2 Å². The van der Waals surface area contributed by atoms with E-state index in [9.17, 15) is 19.7 Å². The van der Waals surface area contributed by atoms with Crippen molar-refractivity contribution >= 4 is 40.9 Å². The van der Waals surface area contributed by atoms with Crippen molar-refractivity contribution in [3.8, 4) is 11.5 Å². The molecular weight excluding hydrogens is 398 g/mol. The van der Waals surface area contributed by atoms with Crippen molar-refractivity contribution in [3.63, 3.8) is 0 Å². The maximum absolute atomic E-state index is 12.1. The van der Waals surface area contributed by atoms with E-state index in [1.165, 1.54) is 25.3 Å². The lowest BCUT2D eigenvalue weighted by molar-refractivity contribution is -0.384. The van der Waals surface area contributed by atoms with Crippen molar-refractivity contribution in [2.45, 2.75) is 6.61 Å². The summed E-state index contributed by atoms with van der Waals surface area (Å²) in [5.74, 6) is -0.347. The number of nitrogens with one attached hydrogen (secondary N) is 2. The molecule has 0 bridgehead atoms. The van der Waals surface area contributed by atoms with Gasteiger partial charge < -0.3 is 9.47 Å². The van der Waals surface area contributed by atoms with Gasteiger partial charge in [0.15, 0.2) is 5.11 Å². The van der Waals surface area contributed by atoms with Gasteiger partial charge in [-0.05, 0) is 48.1 Å². The lowest BCUT2D eigenvalue weighted by atomic mass is 10.1. The summed E-state index contributed by atoms with van der Waals surface area (Å²) in [6, 6.07) is 10.8. The second kappa shape index (κ2) is 8.48. The Morgan fingerprint density at radius 3 is 2.34 bits per heavy atom. The van der Waals surface area contributed by atoms with Crippen LogP contribution in [0.3, 0.4) is 0 Å². The number of hydrogen-bond donors (Lipinski definition) is 2. The predicted octanol–water partition coefficient (Wildman–Crippen LogP) is 2.10. The molecule has 2 aromatic rings. The van der Waals surface area contributed by atoms with Gasteiger partial charge in [-0.1, -0.05) is 0 Å². The lowest BCUT2D eigenvalue weighted by Gasteiger charge is -2.17. The van der Waals surface area contributed by atoms with E-state index in [1.807, 2.05) is 0 Å². The minimum atomic E-state index is -0.615. The van der Waals surface area contributed by atoms with Gasteiger partial charge in [-0.25, -0.2) is 0 Å². The molecule has 0 unspecified atom stereocenters. The number of nitrogens with zero attached hydrogens (tertiary/aromatic N) is 1. The van der Waals surface area contributed by atoms with E-state index in [4.69, 9.17) is 21.7 Å². The van der Waals surface area contributed by atoms with Crippen LogP contribution < -0.4 is 20.1 Å². The van der Waals surface area contributed by atoms with E-state index in [1.54, 1.807) is 30.3 Å². The third-order valence-corrected chi connectivity index (χ3v) is 4.21. The zero-order valence-corrected chi connectivity index (χ0v) is 15.9. The molecule has 0 saturated carbocycles. The molecule has 0 aromatic heterocycles. The van der Waals surface area contributed by atoms with Crippen LogP contribution in [0.5, 0.6) is 11.5 Å². The second-order valence-corrected chi connectivity index (χ2v) is 6.32. The molecule has 0 radical (unpaired) electrons. The Hall–Kier alpha value is -3.79. The van der Waals surface area contributed by atoms with Crippen LogP contribution in [0.1, 0.15) is 11.1 Å². The molecule has 2 aromatic carbocycles. The summed E-state index contributed by atoms with van der Waals surface area (Å²) in [4.78, 5) is 34.4. The summed E-state index contributed by atoms with van der Waals surface area (Å²) in [5.41, 5.74) is 1.04. The number of amides is 2. The van der Waals surface area contributed by atoms with E-state index >= 15 is 0 Å². The number of carbonyl (C=O) groups excluding carboxylic acids is 2. The van der Waals surface area contributed by atoms with Gasteiger partial charge in [0.1, 0.15) is 23.7 Å². The van der Waals surface area contributed by atoms with Crippen molar-refractivity contribution in [1.29, 1.82) is 0 Å². The molecule has 1 fully saturated rings. The molecule has 0 aliphatic carbocycles. The fraction of sp³-hybridized carbons (Fsp3) is 0.105. The molecule has 1 heterocycles. The maximum Gasteiger partial charge on any atom is 0.269 e. The number of nitro benzene ring substituents is 1. The summed E-state index contributed by atoms with van der Waals surface area (Å²) in [5, 5.41) is 15.4. The molecular formula is C19H15N3O6S. The van der Waals surface area contributed by atoms with E-state index in [0.717, 1.165) is 0 Å². The summed E-state index contributed by atoms with van der Waals surface area (Å²) in [6.45, 7) is 0.115. The molecule has 2 N–H and O–H groups in total. The van der Waals surface area contributed by atoms with Gasteiger partial charge in [0, 0.05) is 23.8 Å². The Morgan fingerprint density at radius 1 is 1.10 bits per heavy atom. The molecule has 1 aliphatic rings. The lowest BCUT2D eigenvalue weighted by Crippen LogP contribution is -2.51. The number of rotatable bonds is 6. The van der Waals surface area contributed by atoms with Gasteiger partial charge in [0.05, 0.1) is 12.0 Å². The number of nitro groups is 1. The van der Waals surface area contributed by atoms with Crippen LogP contribution in [0, 0.1) is 10.1 Å². The number of carbonyl (C=O) groups is 2. The quantitative estimate of drug-likeness (QED) is 0.245. The standard InChI is InChI=1S/C19H15N3O6S/c1-27-14-7-4-12(8-15-17(23)20-19(29)21-18(15)24)16(9-14)28-10-11-2-5-13(6-3-11)22(25)26/h2-9H,10H2,1H3,(H2,20,21,23,24,29). The highest BCUT2D eigenvalue weighted by molar-refractivity contribution is 7.80. The number of benzene rings is 2. The first kappa shape index (κ1) is 20.0. The van der Waals surface area contributed by atoms with Crippen LogP contribution in [0.4, 0.5) is 5.69 Å². The number of ether oxygens (including phenoxy) is 2. The van der Waals surface area contributed by atoms with Crippen LogP contribution in [0.25, 0.3) is 6.08 Å². The van der Waals surface area contributed by atoms with Crippen molar-refractivity contribution in [1.82, 2.24) is 10.6 Å². The van der Waals surface area contributed by atoms with Gasteiger partial charge in [-0.3, -0.25) is 30.3 Å². The minimum Gasteiger partial charge on any atom is -0.497 e. The molecule has 9 nitrogen and oxygen atoms in total. The Kier molecular flexibility index (Phi) is 5.84. The van der Waals surface area contributed by atoms with Gasteiger partial charge in [-0.15, -0.1) is 0 Å². The summed E-state index contributed by atoms with van der Waals surface area (Å²) < 4.78 is 11.0. The van der Waals surface area contributed by atoms with Crippen LogP contribution in [-0.4, -0.2) is 29.0 Å². The van der Waals surface area contributed by atoms with Gasteiger partial charge in [0.25, 0.3) is 17.5 Å². The van der Waals surface area contributed by atoms with Crippen LogP contribution in [0.2, 0.25) is 0 Å². The fourth-order valence-corrected chi connectivity index (χ4v) is 2.71. The first-order valence-electron chi connectivity index (χ1n) is 8.30. The average molecular weight is 413 g/mol. The first-order valence-corrected chi connectivity index (χ1v) is 8.70. The van der Waals surface area contributed by atoms with Crippen molar-refractivity contribution in [2.75, 3.05) is 7.11 Å². The third kappa shape index (κ3) is 4.74. The topological polar surface area (TPSA) is 120 Å². The maximum atomic E-state index is 12.1. The number of non-ortho nitro benzene ring substituents is 1. The number of hydrogen-bond acceptors (Lipinski definition) is 7. The second-order valence-electron chi connectivity index (χ2n) is 5.91. The molecule has 3 rings (SSSR count). The van der Waals surface area contributed by atoms with Crippen LogP contribution in [-0.2, 0) is 16.2 Å². The molecule has 10 heteroatoms. The van der Waals surface area contributed by atoms with E-state index in [-0.39, 0.29) is 23.0 Å². The van der Waals surface area contributed by atoms with E-state index in [0.29, 0.717) is 22.6 Å². The Bertz CT molecular complexity index is 1010. The minimum absolute atomic E-state index is 0.0206. The Labute approximate surface area is 170 Å². The SMILES string of the molecule is COc1ccc(C=C2C(=O)NC(=S)NC2=O)c(OCc2ccc([N+](=O)[O-])cc2)c1. The molecule has 0 spiro atoms. The Morgan fingerprint density at radius 2 is 1.76 bits per heavy atom. The van der Waals surface area contributed by atoms with Crippen molar-refractivity contribution in [2.24, 2.45) is 0 Å². The Balaban J connectivity index is 1.86. The van der Waals surface area contributed by atoms with Crippen molar-refractivity contribution in [3.05, 3.63) is 69.3 Å². The van der Waals surface area contributed by atoms with Crippen molar-refractivity contribution < 1.29 is 24.0 Å². The summed E-state index contributed by atoms with van der Waals surface area (Å²) >= 11 is 4.78. The highest BCUT2D eigenvalue weighted by atomic mass is 32.1. The zero-order chi connectivity index (χ0) is 21.0. The average Bonchev–Trinajstić information content (AvgIpc) is 2.69. The third-order valence-electron chi connectivity index (χ3n) is 4.01. The van der Waals surface area contributed by atoms with Crippen LogP contribution in [0.15, 0.2) is 48.0 Å². The zero-order valence-electron chi connectivity index (χ0n) is 15.1. The number of methoxy groups -OCH3 is 1. The summed E-state index contributed by atoms with van der Waals surface area (Å²) in [7, 11) is 1.50. The molecule has 1 saturated heterocycles. The molecule has 2 amide bonds. The number of thiocarbonyl (C=S) groups is 1. The fourth-order valence-electron chi connectivity index (χ4n) is 2.52. The van der Waals surface area contributed by atoms with Gasteiger partial charge in [-0.2, -0.15) is 0 Å². The largest absolute Gasteiger partial charge is 0.497 e. The monoisotopic (exact) mass is 413 g/mol. The molecule has 148 valence electrons. The van der Waals surface area contributed by atoms with E-state index < -0.39 is 16.7 Å². The first-order chi connectivity index (χ1) is 13.9.